The third-order valence-electron chi connectivity index (χ3n) is 2.06. The normalized spacial score (nSPS) is 10.5. The van der Waals surface area contributed by atoms with Gasteiger partial charge in [0.1, 0.15) is 6.54 Å². The Bertz CT molecular complexity index is 711. The number of aromatic nitrogens is 4. The summed E-state index contributed by atoms with van der Waals surface area (Å²) in [5.74, 6) is 0.480. The van der Waals surface area contributed by atoms with Crippen LogP contribution in [0.1, 0.15) is 11.7 Å². The standard InChI is InChI=1S/C8H7N5O5/c1-4-9-6(18-11-4)3-12-2-5(13(16)17)7(14)10-8(12)15/h2H,3H2,1H3,(H,10,14,15). The number of aromatic amines is 1. The summed E-state index contributed by atoms with van der Waals surface area (Å²) in [5.41, 5.74) is -2.57. The fourth-order valence-electron chi connectivity index (χ4n) is 1.30. The van der Waals surface area contributed by atoms with Gasteiger partial charge in [0.25, 0.3) is 0 Å². The SMILES string of the molecule is Cc1noc(Cn2cc([N+](=O)[O-])c(=O)[nH]c2=O)n1. The highest BCUT2D eigenvalue weighted by Crippen LogP contribution is 2.02. The van der Waals surface area contributed by atoms with Crippen LogP contribution in [0.15, 0.2) is 20.3 Å². The molecule has 0 saturated heterocycles. The van der Waals surface area contributed by atoms with Gasteiger partial charge in [-0.25, -0.2) is 4.79 Å². The summed E-state index contributed by atoms with van der Waals surface area (Å²) in [6.07, 6.45) is 0.834. The molecule has 18 heavy (non-hydrogen) atoms. The van der Waals surface area contributed by atoms with Gasteiger partial charge in [-0.2, -0.15) is 4.98 Å². The second kappa shape index (κ2) is 4.24. The first kappa shape index (κ1) is 11.7. The molecule has 0 fully saturated rings. The minimum atomic E-state index is -1.05. The molecule has 2 heterocycles. The second-order valence-corrected chi connectivity index (χ2v) is 3.39. The first-order valence-corrected chi connectivity index (χ1v) is 4.74. The van der Waals surface area contributed by atoms with E-state index in [4.69, 9.17) is 4.52 Å². The van der Waals surface area contributed by atoms with Gasteiger partial charge in [0.2, 0.25) is 5.89 Å². The van der Waals surface area contributed by atoms with Gasteiger partial charge in [-0.1, -0.05) is 5.16 Å². The first-order chi connectivity index (χ1) is 8.47. The van der Waals surface area contributed by atoms with E-state index in [1.54, 1.807) is 6.92 Å². The minimum Gasteiger partial charge on any atom is -0.337 e. The van der Waals surface area contributed by atoms with E-state index < -0.39 is 21.9 Å². The summed E-state index contributed by atoms with van der Waals surface area (Å²) in [6.45, 7) is 1.43. The molecule has 2 aromatic heterocycles. The molecule has 0 saturated carbocycles. The summed E-state index contributed by atoms with van der Waals surface area (Å²) in [4.78, 5) is 37.9. The van der Waals surface area contributed by atoms with Crippen LogP contribution in [-0.2, 0) is 6.54 Å². The molecule has 0 spiro atoms. The van der Waals surface area contributed by atoms with Crippen molar-refractivity contribution in [1.29, 1.82) is 0 Å². The number of nitrogens with zero attached hydrogens (tertiary/aromatic N) is 4. The molecule has 0 aliphatic rings. The number of aryl methyl sites for hydroxylation is 1. The molecule has 0 atom stereocenters. The van der Waals surface area contributed by atoms with Crippen molar-refractivity contribution in [3.63, 3.8) is 0 Å². The Kier molecular flexibility index (Phi) is 2.75. The zero-order chi connectivity index (χ0) is 13.3. The van der Waals surface area contributed by atoms with E-state index >= 15 is 0 Å². The highest BCUT2D eigenvalue weighted by molar-refractivity contribution is 5.20. The maximum atomic E-state index is 11.4. The fourth-order valence-corrected chi connectivity index (χ4v) is 1.30. The van der Waals surface area contributed by atoms with Crippen LogP contribution < -0.4 is 11.2 Å². The Morgan fingerprint density at radius 3 is 2.83 bits per heavy atom. The van der Waals surface area contributed by atoms with Crippen LogP contribution in [0.25, 0.3) is 0 Å². The van der Waals surface area contributed by atoms with Crippen LogP contribution >= 0.6 is 0 Å². The average molecular weight is 253 g/mol. The van der Waals surface area contributed by atoms with Crippen molar-refractivity contribution in [2.75, 3.05) is 0 Å². The lowest BCUT2D eigenvalue weighted by Crippen LogP contribution is -2.31. The molecule has 94 valence electrons. The Labute approximate surface area is 98.0 Å². The highest BCUT2D eigenvalue weighted by Gasteiger charge is 2.16. The van der Waals surface area contributed by atoms with E-state index in [0.29, 0.717) is 5.82 Å². The molecule has 2 aromatic rings. The van der Waals surface area contributed by atoms with Crippen LogP contribution in [-0.4, -0.2) is 24.6 Å². The molecule has 0 amide bonds. The third kappa shape index (κ3) is 2.16. The molecule has 2 rings (SSSR count). The average Bonchev–Trinajstić information content (AvgIpc) is 2.67. The van der Waals surface area contributed by atoms with E-state index in [-0.39, 0.29) is 12.4 Å². The van der Waals surface area contributed by atoms with Gasteiger partial charge in [0.05, 0.1) is 11.1 Å². The molecule has 10 nitrogen and oxygen atoms in total. The zero-order valence-electron chi connectivity index (χ0n) is 9.11. The van der Waals surface area contributed by atoms with Crippen molar-refractivity contribution < 1.29 is 9.45 Å². The third-order valence-corrected chi connectivity index (χ3v) is 2.06. The van der Waals surface area contributed by atoms with Crippen LogP contribution in [0.3, 0.4) is 0 Å². The fraction of sp³-hybridized carbons (Fsp3) is 0.250. The van der Waals surface area contributed by atoms with Gasteiger partial charge in [0.15, 0.2) is 5.82 Å². The van der Waals surface area contributed by atoms with E-state index in [1.807, 2.05) is 4.98 Å². The minimum absolute atomic E-state index is 0.107. The monoisotopic (exact) mass is 253 g/mol. The molecule has 0 unspecified atom stereocenters. The number of rotatable bonds is 3. The molecular weight excluding hydrogens is 246 g/mol. The van der Waals surface area contributed by atoms with Crippen LogP contribution in [0.2, 0.25) is 0 Å². The number of nitrogens with one attached hydrogen (secondary N) is 1. The quantitative estimate of drug-likeness (QED) is 0.557. The Morgan fingerprint density at radius 2 is 2.28 bits per heavy atom. The molecule has 0 aliphatic heterocycles. The van der Waals surface area contributed by atoms with Gasteiger partial charge in [-0.15, -0.1) is 0 Å². The van der Waals surface area contributed by atoms with Crippen molar-refractivity contribution >= 4 is 5.69 Å². The summed E-state index contributed by atoms with van der Waals surface area (Å²) < 4.78 is 5.68. The van der Waals surface area contributed by atoms with Gasteiger partial charge >= 0.3 is 16.9 Å². The van der Waals surface area contributed by atoms with Crippen molar-refractivity contribution in [2.45, 2.75) is 13.5 Å². The predicted octanol–water partition coefficient (Wildman–Crippen LogP) is -0.815. The van der Waals surface area contributed by atoms with Crippen LogP contribution in [0.4, 0.5) is 5.69 Å². The molecule has 0 aromatic carbocycles. The van der Waals surface area contributed by atoms with Crippen molar-refractivity contribution in [1.82, 2.24) is 19.7 Å². The van der Waals surface area contributed by atoms with Crippen LogP contribution in [0.5, 0.6) is 0 Å². The maximum absolute atomic E-state index is 11.4. The lowest BCUT2D eigenvalue weighted by atomic mass is 10.5. The van der Waals surface area contributed by atoms with Gasteiger partial charge in [0, 0.05) is 0 Å². The number of hydrogen-bond acceptors (Lipinski definition) is 7. The first-order valence-electron chi connectivity index (χ1n) is 4.74. The molecule has 1 N–H and O–H groups in total. The van der Waals surface area contributed by atoms with Crippen LogP contribution in [0, 0.1) is 17.0 Å². The Morgan fingerprint density at radius 1 is 1.56 bits per heavy atom. The number of nitro groups is 1. The topological polar surface area (TPSA) is 137 Å². The summed E-state index contributed by atoms with van der Waals surface area (Å²) >= 11 is 0. The molecular formula is C8H7N5O5. The highest BCUT2D eigenvalue weighted by atomic mass is 16.6. The van der Waals surface area contributed by atoms with Crippen molar-refractivity contribution in [3.05, 3.63) is 48.9 Å². The van der Waals surface area contributed by atoms with Crippen molar-refractivity contribution in [2.24, 2.45) is 0 Å². The molecule has 0 radical (unpaired) electrons. The molecule has 0 aliphatic carbocycles. The summed E-state index contributed by atoms with van der Waals surface area (Å²) in [5, 5.41) is 14.1. The zero-order valence-corrected chi connectivity index (χ0v) is 9.11. The van der Waals surface area contributed by atoms with Gasteiger partial charge in [-0.3, -0.25) is 24.5 Å². The summed E-state index contributed by atoms with van der Waals surface area (Å²) in [7, 11) is 0. The lowest BCUT2D eigenvalue weighted by Gasteiger charge is -1.99. The number of hydrogen-bond donors (Lipinski definition) is 1. The predicted molar refractivity (Wildman–Crippen MR) is 56.1 cm³/mol. The molecule has 0 bridgehead atoms. The Hall–Kier alpha value is -2.78. The molecule has 10 heteroatoms. The smallest absolute Gasteiger partial charge is 0.337 e. The van der Waals surface area contributed by atoms with E-state index in [0.717, 1.165) is 10.8 Å². The van der Waals surface area contributed by atoms with E-state index in [2.05, 4.69) is 10.1 Å². The van der Waals surface area contributed by atoms with Crippen molar-refractivity contribution in [3.8, 4) is 0 Å². The lowest BCUT2D eigenvalue weighted by molar-refractivity contribution is -0.386. The second-order valence-electron chi connectivity index (χ2n) is 3.39. The number of H-pyrrole nitrogens is 1. The summed E-state index contributed by atoms with van der Waals surface area (Å²) in [6, 6.07) is 0. The van der Waals surface area contributed by atoms with E-state index in [9.17, 15) is 19.7 Å². The van der Waals surface area contributed by atoms with E-state index in [1.165, 1.54) is 0 Å². The van der Waals surface area contributed by atoms with Gasteiger partial charge < -0.3 is 4.52 Å². The van der Waals surface area contributed by atoms with Gasteiger partial charge in [-0.05, 0) is 6.92 Å². The Balaban J connectivity index is 2.45. The maximum Gasteiger partial charge on any atom is 0.350 e. The largest absolute Gasteiger partial charge is 0.350 e.